The summed E-state index contributed by atoms with van der Waals surface area (Å²) in [5, 5.41) is 9.27. The molecule has 0 aromatic heterocycles. The smallest absolute Gasteiger partial charge is 0.410 e. The molecular weight excluding hydrogens is 482 g/mol. The van der Waals surface area contributed by atoms with Crippen LogP contribution in [0.5, 0.6) is 0 Å². The lowest BCUT2D eigenvalue weighted by Crippen LogP contribution is -2.50. The number of amides is 1. The van der Waals surface area contributed by atoms with Gasteiger partial charge in [-0.15, -0.1) is 0 Å². The summed E-state index contributed by atoms with van der Waals surface area (Å²) in [6.07, 6.45) is 1.63. The molecule has 0 saturated carbocycles. The van der Waals surface area contributed by atoms with Crippen molar-refractivity contribution in [2.24, 2.45) is 0 Å². The Morgan fingerprint density at radius 3 is 2.08 bits per heavy atom. The SMILES string of the molecule is CC(C)(C)OC(=O)N1C(Cc2ccc(C(=O)O)cc2)CCC1C(O[Si](C)(C)C(C)(C)C)c1ccccc1. The van der Waals surface area contributed by atoms with Gasteiger partial charge < -0.3 is 14.3 Å². The number of hydrogen-bond acceptors (Lipinski definition) is 4. The first kappa shape index (κ1) is 28.9. The topological polar surface area (TPSA) is 76.1 Å². The largest absolute Gasteiger partial charge is 0.478 e. The number of hydrogen-bond donors (Lipinski definition) is 1. The van der Waals surface area contributed by atoms with E-state index in [9.17, 15) is 14.7 Å². The molecule has 1 fully saturated rings. The minimum atomic E-state index is -2.18. The lowest BCUT2D eigenvalue weighted by molar-refractivity contribution is -0.00239. The third kappa shape index (κ3) is 7.23. The second-order valence-electron chi connectivity index (χ2n) is 12.6. The Hall–Kier alpha value is -2.64. The number of ether oxygens (including phenoxy) is 1. The van der Waals surface area contributed by atoms with Crippen molar-refractivity contribution >= 4 is 20.4 Å². The maximum Gasteiger partial charge on any atom is 0.410 e. The molecule has 2 aromatic rings. The molecule has 2 aromatic carbocycles. The molecule has 1 N–H and O–H groups in total. The van der Waals surface area contributed by atoms with Crippen molar-refractivity contribution < 1.29 is 23.9 Å². The first-order valence-corrected chi connectivity index (χ1v) is 16.1. The Morgan fingerprint density at radius 1 is 0.973 bits per heavy atom. The Labute approximate surface area is 223 Å². The summed E-state index contributed by atoms with van der Waals surface area (Å²) in [6, 6.07) is 16.9. The van der Waals surface area contributed by atoms with Crippen molar-refractivity contribution in [1.82, 2.24) is 4.90 Å². The van der Waals surface area contributed by atoms with E-state index in [-0.39, 0.29) is 34.9 Å². The van der Waals surface area contributed by atoms with Crippen LogP contribution in [-0.4, -0.2) is 48.1 Å². The van der Waals surface area contributed by atoms with E-state index in [4.69, 9.17) is 9.16 Å². The second kappa shape index (κ2) is 11.0. The number of carboxylic acids is 1. The predicted octanol–water partition coefficient (Wildman–Crippen LogP) is 7.46. The second-order valence-corrected chi connectivity index (χ2v) is 17.4. The zero-order valence-electron chi connectivity index (χ0n) is 23.6. The average molecular weight is 526 g/mol. The molecule has 37 heavy (non-hydrogen) atoms. The summed E-state index contributed by atoms with van der Waals surface area (Å²) in [5.41, 5.74) is 1.69. The first-order valence-electron chi connectivity index (χ1n) is 13.2. The van der Waals surface area contributed by atoms with E-state index >= 15 is 0 Å². The molecule has 202 valence electrons. The van der Waals surface area contributed by atoms with Gasteiger partial charge in [0.25, 0.3) is 0 Å². The highest BCUT2D eigenvalue weighted by atomic mass is 28.4. The van der Waals surface area contributed by atoms with Gasteiger partial charge >= 0.3 is 12.1 Å². The molecule has 1 amide bonds. The highest BCUT2D eigenvalue weighted by molar-refractivity contribution is 6.74. The average Bonchev–Trinajstić information content (AvgIpc) is 3.20. The summed E-state index contributed by atoms with van der Waals surface area (Å²) < 4.78 is 13.0. The summed E-state index contributed by atoms with van der Waals surface area (Å²) in [7, 11) is -2.18. The zero-order valence-corrected chi connectivity index (χ0v) is 24.6. The fourth-order valence-electron chi connectivity index (χ4n) is 4.57. The maximum absolute atomic E-state index is 13.7. The van der Waals surface area contributed by atoms with Crippen molar-refractivity contribution in [1.29, 1.82) is 0 Å². The van der Waals surface area contributed by atoms with Gasteiger partial charge in [0.1, 0.15) is 5.60 Å². The molecule has 3 rings (SSSR count). The Bertz CT molecular complexity index is 1070. The van der Waals surface area contributed by atoms with E-state index in [1.165, 1.54) is 0 Å². The van der Waals surface area contributed by atoms with Crippen molar-refractivity contribution in [3.05, 3.63) is 71.3 Å². The Morgan fingerprint density at radius 2 is 1.57 bits per heavy atom. The Kier molecular flexibility index (Phi) is 8.59. The van der Waals surface area contributed by atoms with Gasteiger partial charge in [-0.2, -0.15) is 0 Å². The number of nitrogens with zero attached hydrogens (tertiary/aromatic N) is 1. The van der Waals surface area contributed by atoms with Crippen LogP contribution >= 0.6 is 0 Å². The third-order valence-corrected chi connectivity index (χ3v) is 12.0. The molecule has 3 unspecified atom stereocenters. The molecular formula is C30H43NO5Si. The van der Waals surface area contributed by atoms with E-state index < -0.39 is 19.9 Å². The van der Waals surface area contributed by atoms with Crippen molar-refractivity contribution in [3.63, 3.8) is 0 Å². The zero-order chi connectivity index (χ0) is 27.6. The highest BCUT2D eigenvalue weighted by Gasteiger charge is 2.47. The third-order valence-electron chi connectivity index (χ3n) is 7.53. The molecule has 0 spiro atoms. The van der Waals surface area contributed by atoms with Gasteiger partial charge in [-0.25, -0.2) is 9.59 Å². The van der Waals surface area contributed by atoms with Crippen molar-refractivity contribution in [3.8, 4) is 0 Å². The minimum Gasteiger partial charge on any atom is -0.478 e. The maximum atomic E-state index is 13.7. The normalized spacial score (nSPS) is 19.5. The van der Waals surface area contributed by atoms with E-state index in [0.29, 0.717) is 6.42 Å². The van der Waals surface area contributed by atoms with Crippen molar-refractivity contribution in [2.45, 2.75) is 103 Å². The first-order chi connectivity index (χ1) is 17.1. The summed E-state index contributed by atoms with van der Waals surface area (Å²) >= 11 is 0. The van der Waals surface area contributed by atoms with Gasteiger partial charge in [0.2, 0.25) is 0 Å². The monoisotopic (exact) mass is 525 g/mol. The molecule has 1 aliphatic rings. The molecule has 1 heterocycles. The summed E-state index contributed by atoms with van der Waals surface area (Å²) in [5.74, 6) is -0.948. The molecule has 6 nitrogen and oxygen atoms in total. The molecule has 1 saturated heterocycles. The molecule has 7 heteroatoms. The van der Waals surface area contributed by atoms with Gasteiger partial charge in [0, 0.05) is 6.04 Å². The van der Waals surface area contributed by atoms with Crippen LogP contribution in [0.15, 0.2) is 54.6 Å². The van der Waals surface area contributed by atoms with E-state index in [2.05, 4.69) is 46.0 Å². The number of carbonyl (C=O) groups is 2. The highest BCUT2D eigenvalue weighted by Crippen LogP contribution is 2.44. The standard InChI is InChI=1S/C30H43NO5Si/c1-29(2,3)35-28(34)31-24(20-21-14-16-23(17-15-21)27(32)33)18-19-25(31)26(22-12-10-9-11-13-22)36-37(7,8)30(4,5)6/h9-17,24-26H,18-20H2,1-8H3,(H,32,33). The van der Waals surface area contributed by atoms with Gasteiger partial charge in [-0.3, -0.25) is 4.90 Å². The Balaban J connectivity index is 1.99. The van der Waals surface area contributed by atoms with E-state index in [0.717, 1.165) is 24.0 Å². The van der Waals surface area contributed by atoms with E-state index in [1.807, 2.05) is 56.0 Å². The van der Waals surface area contributed by atoms with Crippen LogP contribution in [0.4, 0.5) is 4.79 Å². The number of likely N-dealkylation sites (tertiary alicyclic amines) is 1. The summed E-state index contributed by atoms with van der Waals surface area (Å²) in [4.78, 5) is 26.9. The molecule has 0 bridgehead atoms. The van der Waals surface area contributed by atoms with Gasteiger partial charge in [0.15, 0.2) is 8.32 Å². The molecule has 1 aliphatic heterocycles. The van der Waals surface area contributed by atoms with E-state index in [1.54, 1.807) is 12.1 Å². The lowest BCUT2D eigenvalue weighted by atomic mass is 10.0. The lowest BCUT2D eigenvalue weighted by Gasteiger charge is -2.43. The number of aromatic carboxylic acids is 1. The molecule has 0 aliphatic carbocycles. The van der Waals surface area contributed by atoms with Crippen LogP contribution in [0.3, 0.4) is 0 Å². The van der Waals surface area contributed by atoms with Gasteiger partial charge in [-0.05, 0) is 81.4 Å². The van der Waals surface area contributed by atoms with Crippen LogP contribution in [0.1, 0.15) is 82.0 Å². The number of rotatable bonds is 7. The van der Waals surface area contributed by atoms with Crippen LogP contribution in [0, 0.1) is 0 Å². The fourth-order valence-corrected chi connectivity index (χ4v) is 5.85. The molecule has 3 atom stereocenters. The number of benzene rings is 2. The predicted molar refractivity (Wildman–Crippen MR) is 149 cm³/mol. The fraction of sp³-hybridized carbons (Fsp3) is 0.533. The van der Waals surface area contributed by atoms with Crippen molar-refractivity contribution in [2.75, 3.05) is 0 Å². The number of carbonyl (C=O) groups excluding carboxylic acids is 1. The summed E-state index contributed by atoms with van der Waals surface area (Å²) in [6.45, 7) is 16.8. The van der Waals surface area contributed by atoms with Crippen LogP contribution in [-0.2, 0) is 15.6 Å². The van der Waals surface area contributed by atoms with Crippen LogP contribution < -0.4 is 0 Å². The van der Waals surface area contributed by atoms with Crippen LogP contribution in [0.2, 0.25) is 18.1 Å². The molecule has 0 radical (unpaired) electrons. The number of carboxylic acid groups (broad SMARTS) is 1. The quantitative estimate of drug-likeness (QED) is 0.380. The minimum absolute atomic E-state index is 0.0146. The van der Waals surface area contributed by atoms with Gasteiger partial charge in [-0.1, -0.05) is 63.2 Å². The van der Waals surface area contributed by atoms with Crippen LogP contribution in [0.25, 0.3) is 0 Å². The van der Waals surface area contributed by atoms with Gasteiger partial charge in [0.05, 0.1) is 17.7 Å².